The fourth-order valence-corrected chi connectivity index (χ4v) is 16.8. The van der Waals surface area contributed by atoms with Crippen molar-refractivity contribution in [3.05, 3.63) is 80.6 Å². The van der Waals surface area contributed by atoms with Gasteiger partial charge in [0.05, 0.1) is 41.5 Å². The van der Waals surface area contributed by atoms with E-state index in [1.807, 2.05) is 71.5 Å². The second-order valence-electron chi connectivity index (χ2n) is 25.2. The van der Waals surface area contributed by atoms with Crippen LogP contribution in [-0.2, 0) is 19.2 Å². The van der Waals surface area contributed by atoms with Gasteiger partial charge in [-0.05, 0) is 159 Å². The van der Waals surface area contributed by atoms with Crippen molar-refractivity contribution in [2.24, 2.45) is 28.8 Å². The minimum atomic E-state index is -0.939. The lowest BCUT2D eigenvalue weighted by atomic mass is 9.68. The number of Topliss-reactive ketones (excluding diaryl/α,β-unsaturated/α-hetero) is 1. The first-order valence-corrected chi connectivity index (χ1v) is 30.6. The Morgan fingerprint density at radius 2 is 0.975 bits per heavy atom. The molecule has 4 saturated heterocycles. The molecule has 4 saturated carbocycles. The Balaban J connectivity index is 0.000000189. The van der Waals surface area contributed by atoms with E-state index in [1.165, 1.54) is 116 Å². The molecule has 0 radical (unpaired) electrons. The molecule has 8 bridgehead atoms. The highest BCUT2D eigenvalue weighted by atomic mass is 16.6. The zero-order valence-electron chi connectivity index (χ0n) is 46.7. The fourth-order valence-electron chi connectivity index (χ4n) is 16.8. The SMILES string of the molecule is C.C.CC(C)ON=C(CCC(=O)O)c1nc2ccccc2n(C2C[C@H]3CCC[C@@H](C2)N3C2CC3CCCC(C3)C2)c1=O.CCOC(=O)CCC(=O)c1nc2ccccc2n(C2C[C@H]3CCC[C@@H](C2)N3C2CC3CCCC(C3)C2)c1=O. The normalized spacial score (nSPS) is 30.3. The van der Waals surface area contributed by atoms with Crippen LogP contribution in [0.15, 0.2) is 63.3 Å². The highest BCUT2D eigenvalue weighted by Crippen LogP contribution is 2.49. The predicted molar refractivity (Wildman–Crippen MR) is 315 cm³/mol. The summed E-state index contributed by atoms with van der Waals surface area (Å²) >= 11 is 0. The summed E-state index contributed by atoms with van der Waals surface area (Å²) in [6, 6.07) is 19.1. The van der Waals surface area contributed by atoms with E-state index in [0.29, 0.717) is 47.5 Å². The third-order valence-corrected chi connectivity index (χ3v) is 19.7. The Bertz CT molecular complexity index is 2920. The van der Waals surface area contributed by atoms with Crippen molar-refractivity contribution in [1.29, 1.82) is 0 Å². The lowest BCUT2D eigenvalue weighted by molar-refractivity contribution is -0.143. The summed E-state index contributed by atoms with van der Waals surface area (Å²) in [5.41, 5.74) is 3.06. The van der Waals surface area contributed by atoms with E-state index in [9.17, 15) is 29.1 Å². The number of carbonyl (C=O) groups excluding carboxylic acids is 2. The summed E-state index contributed by atoms with van der Waals surface area (Å²) in [5.74, 6) is 1.87. The van der Waals surface area contributed by atoms with E-state index in [-0.39, 0.29) is 93.6 Å². The van der Waals surface area contributed by atoms with Crippen LogP contribution in [0, 0.1) is 23.7 Å². The number of oxime groups is 1. The molecule has 80 heavy (non-hydrogen) atoms. The fraction of sp³-hybridized carbons (Fsp3) is 0.692. The lowest BCUT2D eigenvalue weighted by Crippen LogP contribution is -2.58. The molecule has 1 N–H and O–H groups in total. The van der Waals surface area contributed by atoms with Crippen molar-refractivity contribution in [2.45, 2.75) is 257 Å². The monoisotopic (exact) mass is 1100 g/mol. The molecule has 0 amide bonds. The van der Waals surface area contributed by atoms with E-state index in [4.69, 9.17) is 14.6 Å². The van der Waals surface area contributed by atoms with Crippen LogP contribution in [0.3, 0.4) is 0 Å². The Morgan fingerprint density at radius 3 is 1.41 bits per heavy atom. The van der Waals surface area contributed by atoms with E-state index in [2.05, 4.69) is 19.9 Å². The van der Waals surface area contributed by atoms with Crippen LogP contribution < -0.4 is 11.1 Å². The van der Waals surface area contributed by atoms with E-state index in [0.717, 1.165) is 65.9 Å². The van der Waals surface area contributed by atoms with Gasteiger partial charge in [0.15, 0.2) is 17.2 Å². The standard InChI is InChI=1S/C32H44N4O4.C31H41N3O4.2CH4/c1-20(2)40-34-28(13-14-30(37)38)31-32(39)36(29-12-4-3-11-27(29)33-31)26-18-23-9-6-10-24(19-26)35(23)25-16-21-7-5-8-22(15-21)17-25;1-2-38-29(36)14-13-28(35)30-31(37)34(27-12-4-3-11-26(27)32-30)25-18-22-9-6-10-23(19-25)33(22)24-16-20-7-5-8-21(15-20)17-24;;/h3-4,11-12,20-26H,5-10,13-19H2,1-2H3,(H,37,38);3-4,11-12,20-25H,2,5-10,13-19H2,1H3;2*1H4/t21?,22?,23-,24+,25?,26?;20?,21?,22-,23+,24?,25?;;. The largest absolute Gasteiger partial charge is 0.481 e. The first-order valence-electron chi connectivity index (χ1n) is 30.6. The molecule has 6 heterocycles. The van der Waals surface area contributed by atoms with Crippen molar-refractivity contribution < 1.29 is 29.1 Å². The van der Waals surface area contributed by atoms with Crippen LogP contribution in [-0.4, -0.2) is 106 Å². The number of fused-ring (bicyclic) bond motifs is 10. The van der Waals surface area contributed by atoms with Gasteiger partial charge in [0.1, 0.15) is 11.8 Å². The first-order chi connectivity index (χ1) is 37.9. The highest BCUT2D eigenvalue weighted by molar-refractivity contribution is 6.01. The first kappa shape index (κ1) is 59.3. The van der Waals surface area contributed by atoms with Gasteiger partial charge in [-0.2, -0.15) is 0 Å². The van der Waals surface area contributed by atoms with Crippen molar-refractivity contribution in [3.63, 3.8) is 0 Å². The predicted octanol–water partition coefficient (Wildman–Crippen LogP) is 12.6. The molecule has 2 aromatic heterocycles. The number of para-hydroxylation sites is 4. The van der Waals surface area contributed by atoms with Gasteiger partial charge in [0, 0.05) is 61.2 Å². The third kappa shape index (κ3) is 12.8. The maximum atomic E-state index is 14.3. The average Bonchev–Trinajstić information content (AvgIpc) is 3.62. The van der Waals surface area contributed by atoms with Gasteiger partial charge in [-0.1, -0.05) is 95.6 Å². The number of nitrogens with zero attached hydrogens (tertiary/aromatic N) is 7. The molecule has 436 valence electrons. The molecule has 15 heteroatoms. The molecule has 4 aromatic rings. The van der Waals surface area contributed by atoms with Crippen molar-refractivity contribution in [1.82, 2.24) is 28.9 Å². The molecule has 6 unspecified atom stereocenters. The van der Waals surface area contributed by atoms with Gasteiger partial charge in [-0.25, -0.2) is 9.97 Å². The Morgan fingerprint density at radius 1 is 0.550 bits per heavy atom. The number of rotatable bonds is 15. The average molecular weight is 1100 g/mol. The van der Waals surface area contributed by atoms with Gasteiger partial charge in [-0.15, -0.1) is 0 Å². The second-order valence-corrected chi connectivity index (χ2v) is 25.2. The van der Waals surface area contributed by atoms with Crippen LogP contribution in [0.1, 0.15) is 231 Å². The number of ether oxygens (including phenoxy) is 1. The number of hydrogen-bond acceptors (Lipinski definition) is 12. The topological polar surface area (TPSA) is 179 Å². The van der Waals surface area contributed by atoms with Gasteiger partial charge < -0.3 is 23.8 Å². The number of carboxylic acid groups (broad SMARTS) is 1. The molecular formula is C65H93N7O8. The van der Waals surface area contributed by atoms with Crippen molar-refractivity contribution >= 4 is 45.5 Å². The Labute approximate surface area is 474 Å². The van der Waals surface area contributed by atoms with Gasteiger partial charge in [0.2, 0.25) is 0 Å². The van der Waals surface area contributed by atoms with Crippen LogP contribution in [0.25, 0.3) is 22.1 Å². The Hall–Kier alpha value is -5.28. The van der Waals surface area contributed by atoms with E-state index >= 15 is 0 Å². The number of carboxylic acids is 1. The van der Waals surface area contributed by atoms with Gasteiger partial charge >= 0.3 is 11.9 Å². The number of ketones is 1. The van der Waals surface area contributed by atoms with Crippen LogP contribution >= 0.6 is 0 Å². The number of aromatic nitrogens is 4. The van der Waals surface area contributed by atoms with Crippen molar-refractivity contribution in [3.8, 4) is 0 Å². The molecule has 15 nitrogen and oxygen atoms in total. The summed E-state index contributed by atoms with van der Waals surface area (Å²) in [6.07, 6.45) is 27.6. The summed E-state index contributed by atoms with van der Waals surface area (Å²) in [4.78, 5) is 85.1. The minimum Gasteiger partial charge on any atom is -0.481 e. The molecule has 4 aliphatic carbocycles. The Kier molecular flexibility index (Phi) is 19.5. The molecule has 12 rings (SSSR count). The highest BCUT2D eigenvalue weighted by Gasteiger charge is 2.47. The number of carbonyl (C=O) groups is 3. The zero-order chi connectivity index (χ0) is 54.0. The van der Waals surface area contributed by atoms with E-state index < -0.39 is 11.9 Å². The summed E-state index contributed by atoms with van der Waals surface area (Å²) in [7, 11) is 0. The molecule has 8 aliphatic rings. The summed E-state index contributed by atoms with van der Waals surface area (Å²) < 4.78 is 8.84. The lowest BCUT2D eigenvalue weighted by Gasteiger charge is -2.55. The summed E-state index contributed by atoms with van der Waals surface area (Å²) in [5, 5.41) is 13.6. The molecule has 10 atom stereocenters. The smallest absolute Gasteiger partial charge is 0.306 e. The van der Waals surface area contributed by atoms with Gasteiger partial charge in [0.25, 0.3) is 11.1 Å². The second kappa shape index (κ2) is 26.3. The number of aliphatic carboxylic acids is 1. The maximum Gasteiger partial charge on any atom is 0.306 e. The molecule has 8 fully saturated rings. The third-order valence-electron chi connectivity index (χ3n) is 19.7. The maximum absolute atomic E-state index is 14.3. The molecule has 0 spiro atoms. The molecular weight excluding hydrogens is 1010 g/mol. The van der Waals surface area contributed by atoms with Crippen LogP contribution in [0.2, 0.25) is 0 Å². The number of hydrogen-bond donors (Lipinski definition) is 1. The quantitative estimate of drug-likeness (QED) is 0.0516. The summed E-state index contributed by atoms with van der Waals surface area (Å²) in [6.45, 7) is 5.73. The van der Waals surface area contributed by atoms with Crippen molar-refractivity contribution in [2.75, 3.05) is 6.61 Å². The minimum absolute atomic E-state index is 0. The zero-order valence-corrected chi connectivity index (χ0v) is 46.7. The van der Waals surface area contributed by atoms with E-state index in [1.54, 1.807) is 6.92 Å². The van der Waals surface area contributed by atoms with Crippen LogP contribution in [0.4, 0.5) is 0 Å². The molecule has 2 aromatic carbocycles. The number of benzene rings is 2. The number of esters is 1. The van der Waals surface area contributed by atoms with Crippen LogP contribution in [0.5, 0.6) is 0 Å². The van der Waals surface area contributed by atoms with Gasteiger partial charge in [-0.3, -0.25) is 33.8 Å². The molecule has 4 aliphatic heterocycles. The number of piperidine rings is 4.